The quantitative estimate of drug-likeness (QED) is 0.356. The number of carbonyl (C=O) groups excluding carboxylic acids is 2. The Labute approximate surface area is 169 Å². The van der Waals surface area contributed by atoms with E-state index in [0.29, 0.717) is 29.0 Å². The minimum Gasteiger partial charge on any atom is -0.423 e. The number of hydrogen-bond donors (Lipinski definition) is 0. The molecule has 5 nitrogen and oxygen atoms in total. The van der Waals surface area contributed by atoms with Crippen LogP contribution in [0.3, 0.4) is 0 Å². The van der Waals surface area contributed by atoms with Gasteiger partial charge in [0.05, 0.1) is 6.61 Å². The zero-order valence-corrected chi connectivity index (χ0v) is 16.7. The van der Waals surface area contributed by atoms with Crippen molar-refractivity contribution in [2.24, 2.45) is 0 Å². The summed E-state index contributed by atoms with van der Waals surface area (Å²) < 4.78 is 30.5. The third kappa shape index (κ3) is 5.86. The first-order valence-corrected chi connectivity index (χ1v) is 8.98. The molecule has 0 unspecified atom stereocenters. The van der Waals surface area contributed by atoms with Crippen molar-refractivity contribution in [2.75, 3.05) is 6.61 Å². The van der Waals surface area contributed by atoms with Gasteiger partial charge in [0.15, 0.2) is 0 Å². The molecule has 0 bridgehead atoms. The summed E-state index contributed by atoms with van der Waals surface area (Å²) in [6.45, 7) is 12.6. The topological polar surface area (TPSA) is 61.8 Å². The van der Waals surface area contributed by atoms with Crippen LogP contribution in [0.4, 0.5) is 4.39 Å². The minimum absolute atomic E-state index is 0.0841. The molecule has 0 saturated carbocycles. The lowest BCUT2D eigenvalue weighted by atomic mass is 10.0. The van der Waals surface area contributed by atoms with E-state index in [-0.39, 0.29) is 23.5 Å². The van der Waals surface area contributed by atoms with E-state index in [1.165, 1.54) is 19.1 Å². The largest absolute Gasteiger partial charge is 0.423 e. The van der Waals surface area contributed by atoms with Gasteiger partial charge in [-0.25, -0.2) is 14.0 Å². The fourth-order valence-corrected chi connectivity index (χ4v) is 2.35. The molecule has 0 aliphatic carbocycles. The molecule has 0 aliphatic heterocycles. The van der Waals surface area contributed by atoms with Gasteiger partial charge in [0.1, 0.15) is 17.3 Å². The van der Waals surface area contributed by atoms with Gasteiger partial charge in [-0.3, -0.25) is 0 Å². The van der Waals surface area contributed by atoms with Crippen molar-refractivity contribution in [1.82, 2.24) is 0 Å². The molecule has 0 fully saturated rings. The Balaban J connectivity index is 2.36. The summed E-state index contributed by atoms with van der Waals surface area (Å²) in [7, 11) is 0. The highest BCUT2D eigenvalue weighted by atomic mass is 19.1. The van der Waals surface area contributed by atoms with Crippen LogP contribution < -0.4 is 9.47 Å². The fraction of sp³-hybridized carbons (Fsp3) is 0.217. The number of ether oxygens (including phenoxy) is 3. The Morgan fingerprint density at radius 3 is 2.21 bits per heavy atom. The molecule has 0 heterocycles. The van der Waals surface area contributed by atoms with Crippen molar-refractivity contribution in [3.63, 3.8) is 0 Å². The zero-order chi connectivity index (χ0) is 21.6. The SMILES string of the molecule is C=C(C)C(=O)Oc1ccc(-c2ccc(OC(=O)C(=C)C)c(COCC)c2)c(F)c1. The second-order valence-corrected chi connectivity index (χ2v) is 6.44. The van der Waals surface area contributed by atoms with Gasteiger partial charge in [-0.05, 0) is 50.6 Å². The van der Waals surface area contributed by atoms with Crippen molar-refractivity contribution < 1.29 is 28.2 Å². The predicted molar refractivity (Wildman–Crippen MR) is 108 cm³/mol. The maximum absolute atomic E-state index is 14.6. The van der Waals surface area contributed by atoms with Gasteiger partial charge < -0.3 is 14.2 Å². The van der Waals surface area contributed by atoms with E-state index in [0.717, 1.165) is 6.07 Å². The average molecular weight is 398 g/mol. The van der Waals surface area contributed by atoms with E-state index in [4.69, 9.17) is 14.2 Å². The van der Waals surface area contributed by atoms with Crippen LogP contribution in [-0.4, -0.2) is 18.5 Å². The highest BCUT2D eigenvalue weighted by molar-refractivity contribution is 5.89. The van der Waals surface area contributed by atoms with Crippen molar-refractivity contribution in [3.05, 3.63) is 72.1 Å². The summed E-state index contributed by atoms with van der Waals surface area (Å²) in [5.74, 6) is -1.33. The molecule has 152 valence electrons. The number of benzene rings is 2. The number of hydrogen-bond acceptors (Lipinski definition) is 5. The molecule has 0 N–H and O–H groups in total. The van der Waals surface area contributed by atoms with Gasteiger partial charge in [-0.1, -0.05) is 19.2 Å². The lowest BCUT2D eigenvalue weighted by Crippen LogP contribution is -2.10. The first kappa shape index (κ1) is 22.0. The molecule has 2 aromatic carbocycles. The van der Waals surface area contributed by atoms with Gasteiger partial charge in [0.25, 0.3) is 0 Å². The normalized spacial score (nSPS) is 10.3. The van der Waals surface area contributed by atoms with Crippen molar-refractivity contribution in [1.29, 1.82) is 0 Å². The van der Waals surface area contributed by atoms with E-state index in [1.807, 2.05) is 6.92 Å². The van der Waals surface area contributed by atoms with E-state index < -0.39 is 17.8 Å². The third-order valence-corrected chi connectivity index (χ3v) is 3.88. The summed E-state index contributed by atoms with van der Waals surface area (Å²) in [5.41, 5.74) is 1.94. The number of carbonyl (C=O) groups is 2. The van der Waals surface area contributed by atoms with E-state index >= 15 is 0 Å². The first-order chi connectivity index (χ1) is 13.7. The fourth-order valence-electron chi connectivity index (χ4n) is 2.35. The zero-order valence-electron chi connectivity index (χ0n) is 16.7. The summed E-state index contributed by atoms with van der Waals surface area (Å²) >= 11 is 0. The molecule has 6 heteroatoms. The van der Waals surface area contributed by atoms with Crippen LogP contribution >= 0.6 is 0 Å². The molecule has 2 rings (SSSR count). The van der Waals surface area contributed by atoms with Crippen LogP contribution in [0.1, 0.15) is 26.3 Å². The molecule has 0 saturated heterocycles. The molecule has 2 aromatic rings. The average Bonchev–Trinajstić information content (AvgIpc) is 2.67. The van der Waals surface area contributed by atoms with Gasteiger partial charge in [-0.15, -0.1) is 0 Å². The van der Waals surface area contributed by atoms with Crippen molar-refractivity contribution in [3.8, 4) is 22.6 Å². The molecule has 0 aliphatic rings. The van der Waals surface area contributed by atoms with Crippen LogP contribution in [0.25, 0.3) is 11.1 Å². The summed E-state index contributed by atoms with van der Waals surface area (Å²) in [4.78, 5) is 23.4. The number of halogens is 1. The van der Waals surface area contributed by atoms with Crippen molar-refractivity contribution in [2.45, 2.75) is 27.4 Å². The molecule has 0 aromatic heterocycles. The maximum Gasteiger partial charge on any atom is 0.338 e. The van der Waals surface area contributed by atoms with Crippen LogP contribution in [-0.2, 0) is 20.9 Å². The molecule has 29 heavy (non-hydrogen) atoms. The lowest BCUT2D eigenvalue weighted by molar-refractivity contribution is -0.131. The highest BCUT2D eigenvalue weighted by Crippen LogP contribution is 2.31. The van der Waals surface area contributed by atoms with Crippen LogP contribution in [0.2, 0.25) is 0 Å². The highest BCUT2D eigenvalue weighted by Gasteiger charge is 2.15. The standard InChI is InChI=1S/C23H23FO5/c1-6-27-13-17-11-16(7-10-21(17)29-23(26)15(4)5)19-9-8-18(12-20(19)24)28-22(25)14(2)3/h7-12H,2,4,6,13H2,1,3,5H3. The molecular weight excluding hydrogens is 375 g/mol. The second kappa shape index (κ2) is 9.80. The molecule has 0 radical (unpaired) electrons. The molecule has 0 spiro atoms. The monoisotopic (exact) mass is 398 g/mol. The van der Waals surface area contributed by atoms with Gasteiger partial charge >= 0.3 is 11.9 Å². The summed E-state index contributed by atoms with van der Waals surface area (Å²) in [6, 6.07) is 9.04. The summed E-state index contributed by atoms with van der Waals surface area (Å²) in [6.07, 6.45) is 0. The van der Waals surface area contributed by atoms with E-state index in [1.54, 1.807) is 25.1 Å². The lowest BCUT2D eigenvalue weighted by Gasteiger charge is -2.13. The molecular formula is C23H23FO5. The molecule has 0 atom stereocenters. The Morgan fingerprint density at radius 1 is 0.966 bits per heavy atom. The minimum atomic E-state index is -0.625. The third-order valence-electron chi connectivity index (χ3n) is 3.88. The molecule has 0 amide bonds. The Bertz CT molecular complexity index is 962. The second-order valence-electron chi connectivity index (χ2n) is 6.44. The maximum atomic E-state index is 14.6. The van der Waals surface area contributed by atoms with Gasteiger partial charge in [0, 0.05) is 34.9 Å². The van der Waals surface area contributed by atoms with Crippen LogP contribution in [0.5, 0.6) is 11.5 Å². The van der Waals surface area contributed by atoms with Crippen LogP contribution in [0.15, 0.2) is 60.7 Å². The van der Waals surface area contributed by atoms with E-state index in [2.05, 4.69) is 13.2 Å². The summed E-state index contributed by atoms with van der Waals surface area (Å²) in [5, 5.41) is 0. The number of rotatable bonds is 8. The predicted octanol–water partition coefficient (Wildman–Crippen LogP) is 4.99. The van der Waals surface area contributed by atoms with E-state index in [9.17, 15) is 14.0 Å². The number of esters is 2. The first-order valence-electron chi connectivity index (χ1n) is 8.98. The van der Waals surface area contributed by atoms with Gasteiger partial charge in [-0.2, -0.15) is 0 Å². The Kier molecular flexibility index (Phi) is 7.45. The van der Waals surface area contributed by atoms with Crippen LogP contribution in [0, 0.1) is 5.82 Å². The Morgan fingerprint density at radius 2 is 1.62 bits per heavy atom. The van der Waals surface area contributed by atoms with Gasteiger partial charge in [0.2, 0.25) is 0 Å². The smallest absolute Gasteiger partial charge is 0.338 e. The Hall–Kier alpha value is -3.25. The van der Waals surface area contributed by atoms with Crippen molar-refractivity contribution >= 4 is 11.9 Å².